The number of aliphatic hydroxyl groups is 13. The van der Waals surface area contributed by atoms with Gasteiger partial charge in [-0.2, -0.15) is 0 Å². The Bertz CT molecular complexity index is 2380. The third-order valence-corrected chi connectivity index (χ3v) is 22.3. The van der Waals surface area contributed by atoms with E-state index in [1.165, 1.54) is 6.92 Å². The molecule has 9 fully saturated rings. The zero-order valence-corrected chi connectivity index (χ0v) is 48.3. The lowest BCUT2D eigenvalue weighted by Gasteiger charge is -2.71. The number of carbonyl (C=O) groups is 2. The van der Waals surface area contributed by atoms with Crippen molar-refractivity contribution in [3.05, 3.63) is 11.6 Å². The molecule has 10 rings (SSSR count). The Labute approximate surface area is 481 Å². The van der Waals surface area contributed by atoms with Crippen molar-refractivity contribution >= 4 is 11.9 Å². The number of aliphatic hydroxyl groups excluding tert-OH is 13. The molecule has 0 spiro atoms. The number of carboxylic acid groups (broad SMARTS) is 1. The summed E-state index contributed by atoms with van der Waals surface area (Å²) in [5.41, 5.74) is -2.53. The van der Waals surface area contributed by atoms with E-state index in [0.29, 0.717) is 32.1 Å². The zero-order valence-electron chi connectivity index (χ0n) is 48.3. The molecule has 31 unspecified atom stereocenters. The highest BCUT2D eigenvalue weighted by Gasteiger charge is 2.72. The van der Waals surface area contributed by atoms with E-state index in [1.807, 2.05) is 0 Å². The van der Waals surface area contributed by atoms with Crippen molar-refractivity contribution in [2.24, 2.45) is 50.2 Å². The number of carboxylic acids is 1. The minimum atomic E-state index is -1.96. The number of allylic oxidation sites excluding steroid dienone is 2. The van der Waals surface area contributed by atoms with E-state index < -0.39 is 207 Å². The number of carbonyl (C=O) groups excluding carboxylic acids is 1. The lowest BCUT2D eigenvalue weighted by molar-refractivity contribution is -0.375. The van der Waals surface area contributed by atoms with Gasteiger partial charge in [0, 0.05) is 0 Å². The molecule has 0 radical (unpaired) electrons. The number of hydrogen-bond donors (Lipinski definition) is 14. The third kappa shape index (κ3) is 10.6. The van der Waals surface area contributed by atoms with Crippen molar-refractivity contribution in [3.63, 3.8) is 0 Å². The van der Waals surface area contributed by atoms with E-state index in [4.69, 9.17) is 47.4 Å². The molecule has 0 aromatic carbocycles. The van der Waals surface area contributed by atoms with Gasteiger partial charge in [-0.1, -0.05) is 60.1 Å². The average Bonchev–Trinajstić information content (AvgIpc) is 0.895. The average molecular weight is 1190 g/mol. The predicted octanol–water partition coefficient (Wildman–Crippen LogP) is -2.20. The summed E-state index contributed by atoms with van der Waals surface area (Å²) in [6, 6.07) is 0. The summed E-state index contributed by atoms with van der Waals surface area (Å²) in [5.74, 6) is -2.64. The second-order valence-electron chi connectivity index (χ2n) is 27.9. The number of hydrogen-bond acceptors (Lipinski definition) is 25. The fraction of sp³-hybridized carbons (Fsp3) is 0.930. The second-order valence-corrected chi connectivity index (χ2v) is 27.9. The van der Waals surface area contributed by atoms with Crippen molar-refractivity contribution < 1.29 is 128 Å². The molecule has 4 saturated carbocycles. The summed E-state index contributed by atoms with van der Waals surface area (Å²) in [6.45, 7) is 15.4. The smallest absolute Gasteiger partial charge is 0.335 e. The summed E-state index contributed by atoms with van der Waals surface area (Å²) in [5, 5.41) is 152. The fourth-order valence-electron chi connectivity index (χ4n) is 17.2. The quantitative estimate of drug-likeness (QED) is 0.0593. The topological polar surface area (TPSA) is 410 Å². The van der Waals surface area contributed by atoms with Gasteiger partial charge in [-0.15, -0.1) is 0 Å². The SMILES string of the molecule is CC1OC(OC2C(OC(=O)C34CCC(C)(C)CC3C3=CCC5C6(C)CCC(OC7OC(C(=O)O)C(O)C(O)C7O)C(C)(C)C6CCC5(C)C3(C)CC4O)OCC(O)C2O)C(O)C(O)C1OC1OCC(O)C(OC2OCC(O)C(O)C2O)C1O. The molecule has 5 saturated heterocycles. The van der Waals surface area contributed by atoms with Crippen LogP contribution in [-0.2, 0) is 57.0 Å². The maximum atomic E-state index is 15.4. The highest BCUT2D eigenvalue weighted by atomic mass is 16.8. The van der Waals surface area contributed by atoms with E-state index in [-0.39, 0.29) is 35.5 Å². The first-order valence-electron chi connectivity index (χ1n) is 29.5. The van der Waals surface area contributed by atoms with E-state index in [9.17, 15) is 76.3 Å². The van der Waals surface area contributed by atoms with Gasteiger partial charge in [0.25, 0.3) is 0 Å². The van der Waals surface area contributed by atoms with Gasteiger partial charge < -0.3 is 119 Å². The van der Waals surface area contributed by atoms with Gasteiger partial charge in [0.15, 0.2) is 37.4 Å². The van der Waals surface area contributed by atoms with Gasteiger partial charge in [0.1, 0.15) is 90.9 Å². The molecule has 83 heavy (non-hydrogen) atoms. The number of aliphatic carboxylic acids is 1. The second kappa shape index (κ2) is 23.0. The van der Waals surface area contributed by atoms with Gasteiger partial charge in [-0.3, -0.25) is 4.79 Å². The summed E-state index contributed by atoms with van der Waals surface area (Å²) in [6.07, 6.45) is -31.1. The Balaban J connectivity index is 0.844. The minimum absolute atomic E-state index is 0.0683. The Morgan fingerprint density at radius 2 is 1.12 bits per heavy atom. The van der Waals surface area contributed by atoms with Crippen LogP contribution in [0.15, 0.2) is 11.6 Å². The number of rotatable bonds is 11. The predicted molar refractivity (Wildman–Crippen MR) is 278 cm³/mol. The van der Waals surface area contributed by atoms with Crippen molar-refractivity contribution in [1.82, 2.24) is 0 Å². The van der Waals surface area contributed by atoms with Crippen LogP contribution in [0.3, 0.4) is 0 Å². The molecule has 14 N–H and O–H groups in total. The number of ether oxygens (including phenoxy) is 10. The number of esters is 1. The summed E-state index contributed by atoms with van der Waals surface area (Å²) < 4.78 is 58.7. The van der Waals surface area contributed by atoms with Gasteiger partial charge >= 0.3 is 11.9 Å². The molecule has 5 aliphatic heterocycles. The lowest BCUT2D eigenvalue weighted by atomic mass is 9.33. The van der Waals surface area contributed by atoms with Crippen LogP contribution in [0.2, 0.25) is 0 Å². The molecule has 0 aromatic heterocycles. The Morgan fingerprint density at radius 1 is 0.542 bits per heavy atom. The largest absolute Gasteiger partial charge is 0.479 e. The highest BCUT2D eigenvalue weighted by Crippen LogP contribution is 2.76. The van der Waals surface area contributed by atoms with Gasteiger partial charge in [-0.25, -0.2) is 4.79 Å². The van der Waals surface area contributed by atoms with Gasteiger partial charge in [0.05, 0.1) is 38.1 Å². The van der Waals surface area contributed by atoms with E-state index in [0.717, 1.165) is 18.4 Å². The highest BCUT2D eigenvalue weighted by molar-refractivity contribution is 5.80. The van der Waals surface area contributed by atoms with E-state index in [2.05, 4.69) is 54.5 Å². The van der Waals surface area contributed by atoms with Crippen LogP contribution in [0.25, 0.3) is 0 Å². The monoisotopic (exact) mass is 1190 g/mol. The number of fused-ring (bicyclic) bond motifs is 7. The molecule has 474 valence electrons. The lowest BCUT2D eigenvalue weighted by Crippen LogP contribution is -2.68. The van der Waals surface area contributed by atoms with Crippen LogP contribution in [0.1, 0.15) is 113 Å². The first-order chi connectivity index (χ1) is 38.7. The molecule has 5 aliphatic carbocycles. The summed E-state index contributed by atoms with van der Waals surface area (Å²) in [4.78, 5) is 27.4. The molecule has 0 bridgehead atoms. The maximum absolute atomic E-state index is 15.4. The van der Waals surface area contributed by atoms with Crippen LogP contribution in [0.4, 0.5) is 0 Å². The van der Waals surface area contributed by atoms with Gasteiger partial charge in [-0.05, 0) is 110 Å². The Kier molecular flexibility index (Phi) is 17.7. The normalized spacial score (nSPS) is 54.2. The molecule has 10 aliphatic rings. The van der Waals surface area contributed by atoms with Crippen LogP contribution in [-0.4, -0.2) is 251 Å². The first-order valence-corrected chi connectivity index (χ1v) is 29.5. The van der Waals surface area contributed by atoms with Crippen LogP contribution < -0.4 is 0 Å². The molecule has 5 heterocycles. The molecule has 0 amide bonds. The molecule has 31 atom stereocenters. The van der Waals surface area contributed by atoms with Crippen LogP contribution in [0, 0.1) is 50.2 Å². The maximum Gasteiger partial charge on any atom is 0.335 e. The van der Waals surface area contributed by atoms with E-state index in [1.54, 1.807) is 0 Å². The van der Waals surface area contributed by atoms with Gasteiger partial charge in [0.2, 0.25) is 6.29 Å². The molecular weight excluding hydrogens is 1100 g/mol. The van der Waals surface area contributed by atoms with Crippen molar-refractivity contribution in [2.75, 3.05) is 19.8 Å². The molecule has 26 nitrogen and oxygen atoms in total. The molecular formula is C57H90O26. The first kappa shape index (κ1) is 63.8. The van der Waals surface area contributed by atoms with Crippen LogP contribution in [0.5, 0.6) is 0 Å². The van der Waals surface area contributed by atoms with E-state index >= 15 is 4.79 Å². The fourth-order valence-corrected chi connectivity index (χ4v) is 17.2. The van der Waals surface area contributed by atoms with Crippen molar-refractivity contribution in [2.45, 2.75) is 261 Å². The van der Waals surface area contributed by atoms with Crippen molar-refractivity contribution in [1.29, 1.82) is 0 Å². The summed E-state index contributed by atoms with van der Waals surface area (Å²) in [7, 11) is 0. The van der Waals surface area contributed by atoms with Crippen LogP contribution >= 0.6 is 0 Å². The Hall–Kier alpha value is -2.20. The third-order valence-electron chi connectivity index (χ3n) is 22.3. The molecule has 0 aromatic rings. The minimum Gasteiger partial charge on any atom is -0.479 e. The Morgan fingerprint density at radius 3 is 1.80 bits per heavy atom. The summed E-state index contributed by atoms with van der Waals surface area (Å²) >= 11 is 0. The standard InChI is InChI=1S/C57H90O26/c1-22-41(79-47-40(70)42(27(60)21-75-47)80-46-37(67)32(62)25(58)19-74-46)36(66)39(69)48(77-22)82-44-33(63)26(59)20-76-50(44)83-51(73)57-16-15-52(2,3)17-24(57)23-9-10-29-54(6)13-12-31(78-49-38(68)34(64)35(65)43(81-49)45(71)72)53(4,5)28(54)11-14-55(29,7)56(23,8)18-30(57)61/h9,22,24-44,46-50,58-70H,10-21H2,1-8H3,(H,71,72). The molecule has 26 heteroatoms. The zero-order chi connectivity index (χ0) is 60.6. The van der Waals surface area contributed by atoms with Crippen molar-refractivity contribution in [3.8, 4) is 0 Å².